The maximum atomic E-state index is 10.3. The average Bonchev–Trinajstić information content (AvgIpc) is 3.04. The maximum absolute atomic E-state index is 10.3. The van der Waals surface area contributed by atoms with E-state index in [4.69, 9.17) is 0 Å². The molecular formula is C27H44O3. The van der Waals surface area contributed by atoms with Crippen LogP contribution < -0.4 is 0 Å². The Labute approximate surface area is 184 Å². The van der Waals surface area contributed by atoms with E-state index >= 15 is 0 Å². The van der Waals surface area contributed by atoms with Gasteiger partial charge in [-0.2, -0.15) is 0 Å². The molecule has 3 saturated carbocycles. The first kappa shape index (κ1) is 23.8. The molecule has 170 valence electrons. The minimum absolute atomic E-state index is 0.180. The Kier molecular flexibility index (Phi) is 7.69. The molecule has 30 heavy (non-hydrogen) atoms. The van der Waals surface area contributed by atoms with Crippen LogP contribution in [-0.4, -0.2) is 33.6 Å². The zero-order valence-electron chi connectivity index (χ0n) is 19.6. The molecule has 3 nitrogen and oxygen atoms in total. The highest BCUT2D eigenvalue weighted by molar-refractivity contribution is 5.38. The van der Waals surface area contributed by atoms with Crippen LogP contribution >= 0.6 is 0 Å². The van der Waals surface area contributed by atoms with E-state index in [0.717, 1.165) is 36.3 Å². The van der Waals surface area contributed by atoms with Gasteiger partial charge >= 0.3 is 0 Å². The van der Waals surface area contributed by atoms with Crippen molar-refractivity contribution in [2.24, 2.45) is 29.1 Å². The van der Waals surface area contributed by atoms with Crippen LogP contribution in [0, 0.1) is 29.1 Å². The van der Waals surface area contributed by atoms with E-state index < -0.39 is 12.2 Å². The molecule has 3 heteroatoms. The van der Waals surface area contributed by atoms with Crippen molar-refractivity contribution in [1.82, 2.24) is 0 Å². The summed E-state index contributed by atoms with van der Waals surface area (Å²) in [5.41, 5.74) is 3.69. The lowest BCUT2D eigenvalue weighted by Gasteiger charge is -2.44. The van der Waals surface area contributed by atoms with Gasteiger partial charge in [0, 0.05) is 6.42 Å². The summed E-state index contributed by atoms with van der Waals surface area (Å²) in [5, 5.41) is 30.4. The standard InChI is InChI=1S/C27H44O3/c1-17(2)25(29)13-8-18(3)23-11-12-24-20(7-6-14-27(23,24)5)9-10-21-15-22(28)16-26(30)19(21)4/h9-10,17-18,22-26,28-30H,4,6-8,11-16H2,1-3,5H3/b20-9-,21-10+/t18-,22+,23-,24-,25-,26-,27-/m1/s1. The molecule has 0 heterocycles. The SMILES string of the molecule is C=C1/C(=C/C=C2/CCC[C@@]3(C)[C@@H]2CC[C@@H]3[C@H](C)CC[C@@H](O)C(C)C)C[C@H](O)C[C@H]1O. The first-order valence-corrected chi connectivity index (χ1v) is 12.3. The van der Waals surface area contributed by atoms with Gasteiger partial charge in [-0.1, -0.05) is 52.0 Å². The van der Waals surface area contributed by atoms with Crippen molar-refractivity contribution < 1.29 is 15.3 Å². The van der Waals surface area contributed by atoms with Gasteiger partial charge in [0.2, 0.25) is 0 Å². The van der Waals surface area contributed by atoms with Crippen molar-refractivity contribution in [3.63, 3.8) is 0 Å². The maximum Gasteiger partial charge on any atom is 0.0811 e. The molecule has 0 amide bonds. The number of allylic oxidation sites excluding steroid dienone is 3. The van der Waals surface area contributed by atoms with Gasteiger partial charge in [-0.05, 0) is 91.6 Å². The summed E-state index contributed by atoms with van der Waals surface area (Å²) in [6.07, 6.45) is 12.4. The van der Waals surface area contributed by atoms with Gasteiger partial charge < -0.3 is 15.3 Å². The predicted octanol–water partition coefficient (Wildman–Crippen LogP) is 5.56. The predicted molar refractivity (Wildman–Crippen MR) is 124 cm³/mol. The van der Waals surface area contributed by atoms with Crippen LogP contribution in [0.1, 0.15) is 85.5 Å². The largest absolute Gasteiger partial charge is 0.393 e. The molecule has 3 aliphatic rings. The van der Waals surface area contributed by atoms with Crippen molar-refractivity contribution in [1.29, 1.82) is 0 Å². The van der Waals surface area contributed by atoms with E-state index in [1.807, 2.05) is 0 Å². The van der Waals surface area contributed by atoms with Gasteiger partial charge in [0.1, 0.15) is 0 Å². The zero-order valence-corrected chi connectivity index (χ0v) is 19.6. The molecule has 0 aromatic heterocycles. The second kappa shape index (κ2) is 9.71. The highest BCUT2D eigenvalue weighted by Gasteiger charge is 2.50. The molecule has 7 atom stereocenters. The fourth-order valence-corrected chi connectivity index (χ4v) is 6.65. The average molecular weight is 417 g/mol. The summed E-state index contributed by atoms with van der Waals surface area (Å²) < 4.78 is 0. The molecule has 0 bridgehead atoms. The minimum atomic E-state index is -0.618. The van der Waals surface area contributed by atoms with Gasteiger partial charge in [-0.15, -0.1) is 0 Å². The molecule has 0 unspecified atom stereocenters. The van der Waals surface area contributed by atoms with Gasteiger partial charge in [0.05, 0.1) is 18.3 Å². The van der Waals surface area contributed by atoms with Crippen LogP contribution in [0.3, 0.4) is 0 Å². The Bertz CT molecular complexity index is 676. The molecule has 3 rings (SSSR count). The normalized spacial score (nSPS) is 39.5. The lowest BCUT2D eigenvalue weighted by atomic mass is 9.60. The van der Waals surface area contributed by atoms with Crippen LogP contribution in [-0.2, 0) is 0 Å². The number of aliphatic hydroxyl groups excluding tert-OH is 3. The summed E-state index contributed by atoms with van der Waals surface area (Å²) >= 11 is 0. The Balaban J connectivity index is 1.72. The van der Waals surface area contributed by atoms with Crippen molar-refractivity contribution in [3.05, 3.63) is 35.5 Å². The number of aliphatic hydroxyl groups is 3. The molecule has 0 aromatic carbocycles. The van der Waals surface area contributed by atoms with E-state index in [2.05, 4.69) is 46.4 Å². The smallest absolute Gasteiger partial charge is 0.0811 e. The van der Waals surface area contributed by atoms with E-state index in [1.54, 1.807) is 5.57 Å². The van der Waals surface area contributed by atoms with Crippen molar-refractivity contribution in [3.8, 4) is 0 Å². The van der Waals surface area contributed by atoms with Crippen molar-refractivity contribution in [2.75, 3.05) is 0 Å². The summed E-state index contributed by atoms with van der Waals surface area (Å²) in [5.74, 6) is 2.35. The number of rotatable bonds is 6. The van der Waals surface area contributed by atoms with Crippen molar-refractivity contribution in [2.45, 2.75) is 104 Å². The highest BCUT2D eigenvalue weighted by Crippen LogP contribution is 2.60. The Morgan fingerprint density at radius 3 is 2.57 bits per heavy atom. The van der Waals surface area contributed by atoms with Crippen LogP contribution in [0.25, 0.3) is 0 Å². The first-order valence-electron chi connectivity index (χ1n) is 12.3. The number of hydrogen-bond acceptors (Lipinski definition) is 3. The number of hydrogen-bond donors (Lipinski definition) is 3. The molecule has 0 saturated heterocycles. The van der Waals surface area contributed by atoms with Crippen LogP contribution in [0.15, 0.2) is 35.5 Å². The third-order valence-electron chi connectivity index (χ3n) is 8.68. The van der Waals surface area contributed by atoms with E-state index in [0.29, 0.717) is 36.0 Å². The second-order valence-electron chi connectivity index (χ2n) is 11.0. The highest BCUT2D eigenvalue weighted by atomic mass is 16.3. The van der Waals surface area contributed by atoms with Crippen LogP contribution in [0.4, 0.5) is 0 Å². The Hall–Kier alpha value is -0.900. The molecule has 0 spiro atoms. The summed E-state index contributed by atoms with van der Waals surface area (Å²) in [6, 6.07) is 0. The summed E-state index contributed by atoms with van der Waals surface area (Å²) in [7, 11) is 0. The quantitative estimate of drug-likeness (QED) is 0.531. The molecule has 3 fully saturated rings. The molecule has 3 aliphatic carbocycles. The molecule has 0 radical (unpaired) electrons. The van der Waals surface area contributed by atoms with Crippen LogP contribution in [0.2, 0.25) is 0 Å². The fraction of sp³-hybridized carbons (Fsp3) is 0.778. The third kappa shape index (κ3) is 4.95. The third-order valence-corrected chi connectivity index (χ3v) is 8.68. The van der Waals surface area contributed by atoms with Gasteiger partial charge in [-0.3, -0.25) is 0 Å². The topological polar surface area (TPSA) is 60.7 Å². The van der Waals surface area contributed by atoms with Crippen LogP contribution in [0.5, 0.6) is 0 Å². The molecule has 3 N–H and O–H groups in total. The lowest BCUT2D eigenvalue weighted by Crippen LogP contribution is -2.36. The zero-order chi connectivity index (χ0) is 22.1. The number of fused-ring (bicyclic) bond motifs is 1. The minimum Gasteiger partial charge on any atom is -0.393 e. The Morgan fingerprint density at radius 1 is 1.13 bits per heavy atom. The van der Waals surface area contributed by atoms with Gasteiger partial charge in [0.25, 0.3) is 0 Å². The second-order valence-corrected chi connectivity index (χ2v) is 11.0. The van der Waals surface area contributed by atoms with Crippen molar-refractivity contribution >= 4 is 0 Å². The Morgan fingerprint density at radius 2 is 1.87 bits per heavy atom. The monoisotopic (exact) mass is 416 g/mol. The fourth-order valence-electron chi connectivity index (χ4n) is 6.65. The molecule has 0 aliphatic heterocycles. The van der Waals surface area contributed by atoms with E-state index in [9.17, 15) is 15.3 Å². The molecular weight excluding hydrogens is 372 g/mol. The summed E-state index contributed by atoms with van der Waals surface area (Å²) in [4.78, 5) is 0. The molecule has 0 aromatic rings. The van der Waals surface area contributed by atoms with E-state index in [-0.39, 0.29) is 6.10 Å². The summed E-state index contributed by atoms with van der Waals surface area (Å²) in [6.45, 7) is 13.2. The first-order chi connectivity index (χ1) is 14.1. The van der Waals surface area contributed by atoms with Gasteiger partial charge in [-0.25, -0.2) is 0 Å². The van der Waals surface area contributed by atoms with E-state index in [1.165, 1.54) is 25.7 Å². The lowest BCUT2D eigenvalue weighted by molar-refractivity contribution is 0.0717. The van der Waals surface area contributed by atoms with Gasteiger partial charge in [0.15, 0.2) is 0 Å².